The molecule has 3 heterocycles. The zero-order chi connectivity index (χ0) is 47.4. The molecule has 12 aromatic carbocycles. The molecule has 0 spiro atoms. The maximum atomic E-state index is 4.74. The van der Waals surface area contributed by atoms with Crippen LogP contribution < -0.4 is 4.90 Å². The second-order valence-electron chi connectivity index (χ2n) is 19.4. The Bertz CT molecular complexity index is 4700. The fraction of sp³-hybridized carbons (Fsp3) is 0.0441. The van der Waals surface area contributed by atoms with E-state index in [-0.39, 0.29) is 11.8 Å². The Morgan fingerprint density at radius 3 is 1.65 bits per heavy atom. The molecule has 0 bridgehead atoms. The number of rotatable bonds is 7. The summed E-state index contributed by atoms with van der Waals surface area (Å²) in [7, 11) is 0. The van der Waals surface area contributed by atoms with Gasteiger partial charge >= 0.3 is 0 Å². The summed E-state index contributed by atoms with van der Waals surface area (Å²) in [5.41, 5.74) is 7.44. The molecule has 0 saturated carbocycles. The molecule has 72 heavy (non-hydrogen) atoms. The van der Waals surface area contributed by atoms with E-state index in [9.17, 15) is 0 Å². The van der Waals surface area contributed by atoms with E-state index in [0.29, 0.717) is 0 Å². The van der Waals surface area contributed by atoms with E-state index in [2.05, 4.69) is 236 Å². The number of anilines is 3. The second-order valence-corrected chi connectivity index (χ2v) is 21.6. The molecular weight excluding hydrogens is 909 g/mol. The third kappa shape index (κ3) is 6.49. The first-order valence-electron chi connectivity index (χ1n) is 24.9. The third-order valence-corrected chi connectivity index (χ3v) is 17.7. The van der Waals surface area contributed by atoms with E-state index >= 15 is 0 Å². The van der Waals surface area contributed by atoms with Gasteiger partial charge in [0, 0.05) is 64.5 Å². The van der Waals surface area contributed by atoms with Crippen molar-refractivity contribution in [1.29, 1.82) is 0 Å². The molecule has 3 aromatic heterocycles. The predicted octanol–water partition coefficient (Wildman–Crippen LogP) is 20.1. The van der Waals surface area contributed by atoms with Crippen molar-refractivity contribution in [2.75, 3.05) is 4.90 Å². The lowest BCUT2D eigenvalue weighted by Gasteiger charge is -2.28. The molecule has 0 N–H and O–H groups in total. The first kappa shape index (κ1) is 41.4. The van der Waals surface area contributed by atoms with Gasteiger partial charge in [0.1, 0.15) is 4.83 Å². The number of aromatic nitrogens is 1. The highest BCUT2D eigenvalue weighted by molar-refractivity contribution is 7.26. The van der Waals surface area contributed by atoms with E-state index in [0.717, 1.165) is 21.9 Å². The molecule has 2 nitrogen and oxygen atoms in total. The normalized spacial score (nSPS) is 13.0. The van der Waals surface area contributed by atoms with Crippen LogP contribution in [0.1, 0.15) is 35.4 Å². The van der Waals surface area contributed by atoms with Gasteiger partial charge in [-0.1, -0.05) is 177 Å². The van der Waals surface area contributed by atoms with Crippen molar-refractivity contribution in [3.8, 4) is 0 Å². The minimum atomic E-state index is 0.106. The maximum Gasteiger partial charge on any atom is 0.124 e. The summed E-state index contributed by atoms with van der Waals surface area (Å²) >= 11 is 3.66. The topological polar surface area (TPSA) is 16.1 Å². The fourth-order valence-electron chi connectivity index (χ4n) is 12.1. The van der Waals surface area contributed by atoms with Crippen LogP contribution in [0.3, 0.4) is 0 Å². The quantitative estimate of drug-likeness (QED) is 0.148. The van der Waals surface area contributed by atoms with E-state index in [1.807, 2.05) is 23.6 Å². The zero-order valence-corrected chi connectivity index (χ0v) is 41.0. The standard InChI is InChI=1S/C68H44N2S2/c1-41(67(47-27-31-59-58-21-10-11-23-64(58)71-65(59)39-47)62-37-43-13-2-4-15-50(43)54-17-6-7-19-56(54)62)42-26-30-52-45(35-42)24-25-46-36-48(28-32-53(46)52)70(49-29-33-60-61-22-12-34-69-68(61)72-66(60)40-49)63-38-44-14-3-5-16-51(44)55-18-8-9-20-57(55)63/h2-41,67H,1H3. The van der Waals surface area contributed by atoms with Gasteiger partial charge in [0.15, 0.2) is 0 Å². The van der Waals surface area contributed by atoms with Gasteiger partial charge in [0.2, 0.25) is 0 Å². The van der Waals surface area contributed by atoms with Gasteiger partial charge in [0.05, 0.1) is 5.69 Å². The van der Waals surface area contributed by atoms with Crippen LogP contribution in [0, 0.1) is 0 Å². The highest BCUT2D eigenvalue weighted by Crippen LogP contribution is 2.48. The van der Waals surface area contributed by atoms with Gasteiger partial charge in [-0.2, -0.15) is 0 Å². The molecule has 0 saturated heterocycles. The average Bonchev–Trinajstić information content (AvgIpc) is 4.01. The lowest BCUT2D eigenvalue weighted by atomic mass is 9.75. The fourth-order valence-corrected chi connectivity index (χ4v) is 14.3. The Labute approximate surface area is 424 Å². The predicted molar refractivity (Wildman–Crippen MR) is 313 cm³/mol. The molecule has 338 valence electrons. The van der Waals surface area contributed by atoms with Gasteiger partial charge in [-0.25, -0.2) is 4.98 Å². The molecule has 2 atom stereocenters. The third-order valence-electron chi connectivity index (χ3n) is 15.5. The van der Waals surface area contributed by atoms with Crippen molar-refractivity contribution in [3.63, 3.8) is 0 Å². The lowest BCUT2D eigenvalue weighted by Crippen LogP contribution is -2.11. The molecule has 0 amide bonds. The van der Waals surface area contributed by atoms with Gasteiger partial charge in [-0.15, -0.1) is 22.7 Å². The molecule has 0 radical (unpaired) electrons. The van der Waals surface area contributed by atoms with E-state index in [4.69, 9.17) is 4.98 Å². The summed E-state index contributed by atoms with van der Waals surface area (Å²) in [5, 5.41) is 20.2. The van der Waals surface area contributed by atoms with E-state index in [1.165, 1.54) is 117 Å². The Morgan fingerprint density at radius 2 is 0.861 bits per heavy atom. The van der Waals surface area contributed by atoms with E-state index in [1.54, 1.807) is 11.3 Å². The molecule has 15 aromatic rings. The van der Waals surface area contributed by atoms with Crippen LogP contribution in [-0.4, -0.2) is 4.98 Å². The van der Waals surface area contributed by atoms with Gasteiger partial charge in [0.25, 0.3) is 0 Å². The smallest absolute Gasteiger partial charge is 0.124 e. The number of hydrogen-bond acceptors (Lipinski definition) is 4. The highest BCUT2D eigenvalue weighted by Gasteiger charge is 2.27. The van der Waals surface area contributed by atoms with Crippen LogP contribution in [0.25, 0.3) is 105 Å². The Morgan fingerprint density at radius 1 is 0.347 bits per heavy atom. The second kappa shape index (κ2) is 16.3. The summed E-state index contributed by atoms with van der Waals surface area (Å²) in [4.78, 5) is 8.27. The van der Waals surface area contributed by atoms with Crippen molar-refractivity contribution in [3.05, 3.63) is 253 Å². The Balaban J connectivity index is 0.878. The van der Waals surface area contributed by atoms with Gasteiger partial charge in [-0.05, 0) is 143 Å². The van der Waals surface area contributed by atoms with Crippen LogP contribution in [-0.2, 0) is 0 Å². The van der Waals surface area contributed by atoms with Crippen LogP contribution in [0.5, 0.6) is 0 Å². The summed E-state index contributed by atoms with van der Waals surface area (Å²) < 4.78 is 3.90. The van der Waals surface area contributed by atoms with Crippen molar-refractivity contribution in [2.24, 2.45) is 0 Å². The number of benzene rings is 12. The number of hydrogen-bond donors (Lipinski definition) is 0. The molecular formula is C68H44N2S2. The molecule has 0 fully saturated rings. The largest absolute Gasteiger partial charge is 0.310 e. The summed E-state index contributed by atoms with van der Waals surface area (Å²) in [6.45, 7) is 2.44. The first-order valence-corrected chi connectivity index (χ1v) is 26.5. The average molecular weight is 953 g/mol. The zero-order valence-electron chi connectivity index (χ0n) is 39.4. The molecule has 0 aliphatic heterocycles. The molecule has 2 unspecified atom stereocenters. The van der Waals surface area contributed by atoms with Gasteiger partial charge < -0.3 is 4.90 Å². The molecule has 0 aliphatic carbocycles. The number of nitrogens with zero attached hydrogens (tertiary/aromatic N) is 2. The first-order chi connectivity index (χ1) is 35.6. The van der Waals surface area contributed by atoms with Gasteiger partial charge in [-0.3, -0.25) is 0 Å². The number of fused-ring (bicyclic) bond motifs is 15. The molecule has 0 aliphatic rings. The minimum Gasteiger partial charge on any atom is -0.310 e. The monoisotopic (exact) mass is 952 g/mol. The maximum absolute atomic E-state index is 4.74. The minimum absolute atomic E-state index is 0.106. The van der Waals surface area contributed by atoms with Crippen LogP contribution in [0.4, 0.5) is 17.1 Å². The highest BCUT2D eigenvalue weighted by atomic mass is 32.1. The Hall–Kier alpha value is -8.41. The van der Waals surface area contributed by atoms with Crippen molar-refractivity contribution in [2.45, 2.75) is 18.8 Å². The van der Waals surface area contributed by atoms with Crippen molar-refractivity contribution >= 4 is 145 Å². The summed E-state index contributed by atoms with van der Waals surface area (Å²) in [6, 6.07) is 86.6. The molecule has 4 heteroatoms. The van der Waals surface area contributed by atoms with Crippen molar-refractivity contribution in [1.82, 2.24) is 4.98 Å². The summed E-state index contributed by atoms with van der Waals surface area (Å²) in [5.74, 6) is 0.276. The summed E-state index contributed by atoms with van der Waals surface area (Å²) in [6.07, 6.45) is 1.89. The van der Waals surface area contributed by atoms with Crippen molar-refractivity contribution < 1.29 is 0 Å². The van der Waals surface area contributed by atoms with Crippen LogP contribution in [0.2, 0.25) is 0 Å². The molecule has 15 rings (SSSR count). The van der Waals surface area contributed by atoms with E-state index < -0.39 is 0 Å². The Kier molecular flexibility index (Phi) is 9.38. The van der Waals surface area contributed by atoms with Crippen LogP contribution >= 0.6 is 22.7 Å². The van der Waals surface area contributed by atoms with Crippen LogP contribution in [0.15, 0.2) is 237 Å². The number of thiophene rings is 2. The SMILES string of the molecule is CC(c1ccc2c(ccc3cc(N(c4ccc5c(c4)sc4ncccc45)c4cc5ccccc5c5ccccc45)ccc32)c1)C(c1ccc2c(c1)sc1ccccc12)c1cc2ccccc2c2ccccc12. The number of pyridine rings is 1. The lowest BCUT2D eigenvalue weighted by molar-refractivity contribution is 0.664.